The molecule has 0 heterocycles. The molecule has 130 valence electrons. The molecule has 2 N–H and O–H groups in total. The van der Waals surface area contributed by atoms with Crippen LogP contribution in [0.2, 0.25) is 0 Å². The summed E-state index contributed by atoms with van der Waals surface area (Å²) in [4.78, 5) is 33.5. The Balaban J connectivity index is 1.79. The molecular formula is C16H14FN3O5. The molecule has 0 aliphatic carbocycles. The number of halogens is 1. The van der Waals surface area contributed by atoms with Crippen molar-refractivity contribution in [2.24, 2.45) is 0 Å². The summed E-state index contributed by atoms with van der Waals surface area (Å²) in [5, 5.41) is 10.8. The van der Waals surface area contributed by atoms with Crippen molar-refractivity contribution in [3.8, 4) is 5.75 Å². The van der Waals surface area contributed by atoms with Gasteiger partial charge < -0.3 is 4.74 Å². The first-order valence-corrected chi connectivity index (χ1v) is 7.14. The van der Waals surface area contributed by atoms with E-state index in [0.29, 0.717) is 5.56 Å². The average molecular weight is 347 g/mol. The Morgan fingerprint density at radius 1 is 1.08 bits per heavy atom. The van der Waals surface area contributed by atoms with Crippen LogP contribution in [0.1, 0.15) is 5.56 Å². The maximum Gasteiger partial charge on any atom is 0.310 e. The standard InChI is InChI=1S/C16H14FN3O5/c17-12-5-3-4-11(8-12)9-15(21)18-19-16(22)10-25-14-7-2-1-6-13(14)20(23)24/h1-8H,9-10H2,(H,18,21)(H,19,22). The Morgan fingerprint density at radius 2 is 1.80 bits per heavy atom. The lowest BCUT2D eigenvalue weighted by atomic mass is 10.1. The lowest BCUT2D eigenvalue weighted by Crippen LogP contribution is -2.44. The number of carbonyl (C=O) groups excluding carboxylic acids is 2. The van der Waals surface area contributed by atoms with Gasteiger partial charge >= 0.3 is 5.69 Å². The van der Waals surface area contributed by atoms with Gasteiger partial charge in [0.05, 0.1) is 11.3 Å². The van der Waals surface area contributed by atoms with Crippen molar-refractivity contribution in [1.82, 2.24) is 10.9 Å². The van der Waals surface area contributed by atoms with Crippen LogP contribution in [-0.4, -0.2) is 23.3 Å². The number of para-hydroxylation sites is 2. The third-order valence-corrected chi connectivity index (χ3v) is 3.02. The zero-order valence-electron chi connectivity index (χ0n) is 12.9. The topological polar surface area (TPSA) is 111 Å². The molecule has 25 heavy (non-hydrogen) atoms. The Labute approximate surface area is 141 Å². The monoisotopic (exact) mass is 347 g/mol. The van der Waals surface area contributed by atoms with E-state index in [0.717, 1.165) is 0 Å². The van der Waals surface area contributed by atoms with Crippen molar-refractivity contribution in [2.45, 2.75) is 6.42 Å². The summed E-state index contributed by atoms with van der Waals surface area (Å²) in [6, 6.07) is 11.1. The van der Waals surface area contributed by atoms with Crippen molar-refractivity contribution in [3.63, 3.8) is 0 Å². The van der Waals surface area contributed by atoms with Crippen molar-refractivity contribution in [2.75, 3.05) is 6.61 Å². The number of nitrogens with zero attached hydrogens (tertiary/aromatic N) is 1. The van der Waals surface area contributed by atoms with Crippen molar-refractivity contribution in [3.05, 3.63) is 70.0 Å². The number of nitro benzene ring substituents is 1. The van der Waals surface area contributed by atoms with Crippen LogP contribution in [0.4, 0.5) is 10.1 Å². The number of hydrazine groups is 1. The number of hydrogen-bond acceptors (Lipinski definition) is 5. The molecule has 2 amide bonds. The number of hydrogen-bond donors (Lipinski definition) is 2. The predicted octanol–water partition coefficient (Wildman–Crippen LogP) is 1.50. The van der Waals surface area contributed by atoms with Gasteiger partial charge in [0.25, 0.3) is 5.91 Å². The lowest BCUT2D eigenvalue weighted by Gasteiger charge is -2.09. The van der Waals surface area contributed by atoms with Crippen LogP contribution in [0.5, 0.6) is 5.75 Å². The van der Waals surface area contributed by atoms with Crippen LogP contribution in [0.25, 0.3) is 0 Å². The molecule has 0 atom stereocenters. The molecule has 0 radical (unpaired) electrons. The largest absolute Gasteiger partial charge is 0.477 e. The highest BCUT2D eigenvalue weighted by Gasteiger charge is 2.15. The molecule has 0 spiro atoms. The number of amides is 2. The van der Waals surface area contributed by atoms with Crippen LogP contribution < -0.4 is 15.6 Å². The molecule has 2 rings (SSSR count). The minimum atomic E-state index is -0.703. The maximum atomic E-state index is 13.0. The Bertz CT molecular complexity index is 797. The van der Waals surface area contributed by atoms with E-state index in [2.05, 4.69) is 10.9 Å². The van der Waals surface area contributed by atoms with E-state index in [4.69, 9.17) is 4.74 Å². The molecule has 0 fully saturated rings. The van der Waals surface area contributed by atoms with Gasteiger partial charge in [-0.15, -0.1) is 0 Å². The minimum absolute atomic E-state index is 0.0614. The molecule has 0 aliphatic heterocycles. The zero-order chi connectivity index (χ0) is 18.2. The van der Waals surface area contributed by atoms with E-state index in [1.54, 1.807) is 6.07 Å². The molecule has 0 unspecified atom stereocenters. The Kier molecular flexibility index (Phi) is 5.99. The molecule has 0 saturated heterocycles. The van der Waals surface area contributed by atoms with Crippen LogP contribution in [-0.2, 0) is 16.0 Å². The zero-order valence-corrected chi connectivity index (χ0v) is 12.9. The van der Waals surface area contributed by atoms with E-state index < -0.39 is 29.2 Å². The van der Waals surface area contributed by atoms with Crippen LogP contribution in [0.15, 0.2) is 48.5 Å². The normalized spacial score (nSPS) is 9.96. The van der Waals surface area contributed by atoms with E-state index in [1.165, 1.54) is 42.5 Å². The van der Waals surface area contributed by atoms with E-state index in [-0.39, 0.29) is 17.9 Å². The lowest BCUT2D eigenvalue weighted by molar-refractivity contribution is -0.385. The molecule has 0 saturated carbocycles. The van der Waals surface area contributed by atoms with Gasteiger partial charge in [0.2, 0.25) is 5.91 Å². The number of rotatable bonds is 6. The average Bonchev–Trinajstić information content (AvgIpc) is 2.58. The summed E-state index contributed by atoms with van der Waals surface area (Å²) in [5.41, 5.74) is 4.43. The number of ether oxygens (including phenoxy) is 1. The molecule has 0 bridgehead atoms. The smallest absolute Gasteiger partial charge is 0.310 e. The van der Waals surface area contributed by atoms with Gasteiger partial charge in [0.1, 0.15) is 5.82 Å². The highest BCUT2D eigenvalue weighted by atomic mass is 19.1. The van der Waals surface area contributed by atoms with E-state index >= 15 is 0 Å². The molecule has 0 aromatic heterocycles. The van der Waals surface area contributed by atoms with Gasteiger partial charge in [-0.2, -0.15) is 0 Å². The van der Waals surface area contributed by atoms with Crippen LogP contribution in [0, 0.1) is 15.9 Å². The fourth-order valence-electron chi connectivity index (χ4n) is 1.93. The fourth-order valence-corrected chi connectivity index (χ4v) is 1.93. The van der Waals surface area contributed by atoms with Crippen molar-refractivity contribution < 1.29 is 23.6 Å². The third kappa shape index (κ3) is 5.57. The first kappa shape index (κ1) is 17.9. The van der Waals surface area contributed by atoms with Gasteiger partial charge in [-0.05, 0) is 23.8 Å². The van der Waals surface area contributed by atoms with Crippen molar-refractivity contribution in [1.29, 1.82) is 0 Å². The summed E-state index contributed by atoms with van der Waals surface area (Å²) < 4.78 is 18.1. The maximum absolute atomic E-state index is 13.0. The highest BCUT2D eigenvalue weighted by Crippen LogP contribution is 2.25. The Hall–Kier alpha value is -3.49. The molecule has 0 aliphatic rings. The van der Waals surface area contributed by atoms with Gasteiger partial charge in [-0.25, -0.2) is 4.39 Å². The predicted molar refractivity (Wildman–Crippen MR) is 85.0 cm³/mol. The van der Waals surface area contributed by atoms with Crippen molar-refractivity contribution >= 4 is 17.5 Å². The molecule has 9 heteroatoms. The summed E-state index contributed by atoms with van der Waals surface area (Å²) in [5.74, 6) is -1.78. The Morgan fingerprint density at radius 3 is 2.52 bits per heavy atom. The molecule has 2 aromatic carbocycles. The minimum Gasteiger partial charge on any atom is -0.477 e. The second-order valence-corrected chi connectivity index (χ2v) is 4.92. The van der Waals surface area contributed by atoms with Gasteiger partial charge in [0, 0.05) is 6.07 Å². The quantitative estimate of drug-likeness (QED) is 0.608. The number of benzene rings is 2. The number of nitro groups is 1. The summed E-state index contributed by atoms with van der Waals surface area (Å²) in [6.07, 6.45) is -0.122. The summed E-state index contributed by atoms with van der Waals surface area (Å²) >= 11 is 0. The van der Waals surface area contributed by atoms with Gasteiger partial charge in [-0.3, -0.25) is 30.6 Å². The van der Waals surface area contributed by atoms with E-state index in [9.17, 15) is 24.1 Å². The first-order valence-electron chi connectivity index (χ1n) is 7.14. The number of nitrogens with one attached hydrogen (secondary N) is 2. The fraction of sp³-hybridized carbons (Fsp3) is 0.125. The molecule has 8 nitrogen and oxygen atoms in total. The molecule has 2 aromatic rings. The van der Waals surface area contributed by atoms with E-state index in [1.807, 2.05) is 0 Å². The van der Waals surface area contributed by atoms with Crippen LogP contribution >= 0.6 is 0 Å². The third-order valence-electron chi connectivity index (χ3n) is 3.02. The van der Waals surface area contributed by atoms with Crippen LogP contribution in [0.3, 0.4) is 0 Å². The SMILES string of the molecule is O=C(COc1ccccc1[N+](=O)[O-])NNC(=O)Cc1cccc(F)c1. The summed E-state index contributed by atoms with van der Waals surface area (Å²) in [6.45, 7) is -0.523. The number of carbonyl (C=O) groups is 2. The first-order chi connectivity index (χ1) is 12.0. The molecular weight excluding hydrogens is 333 g/mol. The summed E-state index contributed by atoms with van der Waals surface area (Å²) in [7, 11) is 0. The second-order valence-electron chi connectivity index (χ2n) is 4.92. The second kappa shape index (κ2) is 8.39. The van der Waals surface area contributed by atoms with Gasteiger partial charge in [0.15, 0.2) is 12.4 Å². The highest BCUT2D eigenvalue weighted by molar-refractivity contribution is 5.83. The van der Waals surface area contributed by atoms with Gasteiger partial charge in [-0.1, -0.05) is 24.3 Å².